The lowest BCUT2D eigenvalue weighted by Gasteiger charge is -2.16. The molecule has 1 aromatic heterocycles. The lowest BCUT2D eigenvalue weighted by atomic mass is 10.2. The molecule has 2 N–H and O–H groups in total. The summed E-state index contributed by atoms with van der Waals surface area (Å²) < 4.78 is 0. The Kier molecular flexibility index (Phi) is 4.31. The van der Waals surface area contributed by atoms with Crippen LogP contribution >= 0.6 is 0 Å². The number of nitrogens with zero attached hydrogens (tertiary/aromatic N) is 3. The van der Waals surface area contributed by atoms with Crippen LogP contribution in [0.1, 0.15) is 25.6 Å². The van der Waals surface area contributed by atoms with E-state index in [-0.39, 0.29) is 0 Å². The Morgan fingerprint density at radius 2 is 2.00 bits per heavy atom. The molecule has 0 radical (unpaired) electrons. The highest BCUT2D eigenvalue weighted by Gasteiger charge is 2.15. The fraction of sp³-hybridized carbons (Fsp3) is 0.500. The normalized spacial score (nSPS) is 17.2. The van der Waals surface area contributed by atoms with Gasteiger partial charge in [-0.1, -0.05) is 12.1 Å². The van der Waals surface area contributed by atoms with Crippen LogP contribution in [0.15, 0.2) is 24.3 Å². The third-order valence-corrected chi connectivity index (χ3v) is 3.78. The highest BCUT2D eigenvalue weighted by atomic mass is 16.3. The first-order valence-electron chi connectivity index (χ1n) is 7.62. The van der Waals surface area contributed by atoms with E-state index in [0.29, 0.717) is 6.54 Å². The van der Waals surface area contributed by atoms with Gasteiger partial charge in [0, 0.05) is 11.9 Å². The summed E-state index contributed by atoms with van der Waals surface area (Å²) >= 11 is 0. The van der Waals surface area contributed by atoms with Crippen LogP contribution < -0.4 is 5.32 Å². The van der Waals surface area contributed by atoms with Crippen molar-refractivity contribution in [3.8, 4) is 0 Å². The SMILES string of the molecule is CC(O)CNc1nc(CN2CCCC2)nc2ccccc12. The van der Waals surface area contributed by atoms with Crippen molar-refractivity contribution in [2.75, 3.05) is 25.0 Å². The van der Waals surface area contributed by atoms with E-state index >= 15 is 0 Å². The minimum atomic E-state index is -0.402. The molecule has 1 unspecified atom stereocenters. The molecule has 21 heavy (non-hydrogen) atoms. The molecule has 0 amide bonds. The summed E-state index contributed by atoms with van der Waals surface area (Å²) in [4.78, 5) is 11.7. The zero-order chi connectivity index (χ0) is 14.7. The van der Waals surface area contributed by atoms with Crippen molar-refractivity contribution in [3.63, 3.8) is 0 Å². The van der Waals surface area contributed by atoms with Crippen LogP contribution in [-0.2, 0) is 6.54 Å². The van der Waals surface area contributed by atoms with Gasteiger partial charge in [0.05, 0.1) is 18.2 Å². The predicted octanol–water partition coefficient (Wildman–Crippen LogP) is 2.02. The summed E-state index contributed by atoms with van der Waals surface area (Å²) in [6, 6.07) is 8.00. The predicted molar refractivity (Wildman–Crippen MR) is 84.2 cm³/mol. The fourth-order valence-corrected chi connectivity index (χ4v) is 2.72. The van der Waals surface area contributed by atoms with Crippen molar-refractivity contribution in [1.82, 2.24) is 14.9 Å². The molecule has 1 aromatic carbocycles. The van der Waals surface area contributed by atoms with Gasteiger partial charge >= 0.3 is 0 Å². The Morgan fingerprint density at radius 1 is 1.24 bits per heavy atom. The number of likely N-dealkylation sites (tertiary alicyclic amines) is 1. The molecule has 2 aromatic rings. The molecule has 0 bridgehead atoms. The quantitative estimate of drug-likeness (QED) is 0.880. The zero-order valence-corrected chi connectivity index (χ0v) is 12.4. The standard InChI is InChI=1S/C16H22N4O/c1-12(21)10-17-16-13-6-2-3-7-14(13)18-15(19-16)11-20-8-4-5-9-20/h2-3,6-7,12,21H,4-5,8-11H2,1H3,(H,17,18,19). The number of fused-ring (bicyclic) bond motifs is 1. The van der Waals surface area contributed by atoms with Gasteiger partial charge in [-0.15, -0.1) is 0 Å². The van der Waals surface area contributed by atoms with Gasteiger partial charge in [-0.3, -0.25) is 4.90 Å². The number of rotatable bonds is 5. The number of aliphatic hydroxyl groups is 1. The first kappa shape index (κ1) is 14.2. The van der Waals surface area contributed by atoms with Gasteiger partial charge in [-0.25, -0.2) is 9.97 Å². The molecular formula is C16H22N4O. The first-order chi connectivity index (χ1) is 10.2. The van der Waals surface area contributed by atoms with E-state index in [4.69, 9.17) is 0 Å². The van der Waals surface area contributed by atoms with Crippen LogP contribution in [0.5, 0.6) is 0 Å². The van der Waals surface area contributed by atoms with E-state index in [0.717, 1.165) is 42.2 Å². The summed E-state index contributed by atoms with van der Waals surface area (Å²) in [6.45, 7) is 5.32. The molecule has 1 aliphatic rings. The molecular weight excluding hydrogens is 264 g/mol. The average molecular weight is 286 g/mol. The van der Waals surface area contributed by atoms with E-state index in [9.17, 15) is 5.11 Å². The summed E-state index contributed by atoms with van der Waals surface area (Å²) in [5.41, 5.74) is 0.954. The number of nitrogens with one attached hydrogen (secondary N) is 1. The van der Waals surface area contributed by atoms with Crippen LogP contribution in [0.2, 0.25) is 0 Å². The summed E-state index contributed by atoms with van der Waals surface area (Å²) in [7, 11) is 0. The Bertz CT molecular complexity index is 608. The van der Waals surface area contributed by atoms with Crippen LogP contribution in [0.4, 0.5) is 5.82 Å². The zero-order valence-electron chi connectivity index (χ0n) is 12.4. The molecule has 0 saturated carbocycles. The van der Waals surface area contributed by atoms with Gasteiger partial charge in [0.15, 0.2) is 0 Å². The lowest BCUT2D eigenvalue weighted by molar-refractivity contribution is 0.208. The van der Waals surface area contributed by atoms with Crippen LogP contribution in [0, 0.1) is 0 Å². The summed E-state index contributed by atoms with van der Waals surface area (Å²) in [5.74, 6) is 1.67. The van der Waals surface area contributed by atoms with Crippen LogP contribution in [0.25, 0.3) is 10.9 Å². The van der Waals surface area contributed by atoms with E-state index < -0.39 is 6.10 Å². The van der Waals surface area contributed by atoms with Gasteiger partial charge < -0.3 is 10.4 Å². The van der Waals surface area contributed by atoms with Crippen molar-refractivity contribution >= 4 is 16.7 Å². The molecule has 3 rings (SSSR count). The Labute approximate surface area is 125 Å². The van der Waals surface area contributed by atoms with Crippen LogP contribution in [0.3, 0.4) is 0 Å². The number of para-hydroxylation sites is 1. The average Bonchev–Trinajstić information content (AvgIpc) is 2.97. The Morgan fingerprint density at radius 3 is 2.76 bits per heavy atom. The third-order valence-electron chi connectivity index (χ3n) is 3.78. The Balaban J connectivity index is 1.89. The maximum absolute atomic E-state index is 9.47. The molecule has 1 saturated heterocycles. The number of aliphatic hydroxyl groups excluding tert-OH is 1. The van der Waals surface area contributed by atoms with Crippen molar-refractivity contribution in [1.29, 1.82) is 0 Å². The van der Waals surface area contributed by atoms with E-state index in [2.05, 4.69) is 20.2 Å². The number of hydrogen-bond donors (Lipinski definition) is 2. The third kappa shape index (κ3) is 3.49. The van der Waals surface area contributed by atoms with Crippen molar-refractivity contribution < 1.29 is 5.11 Å². The largest absolute Gasteiger partial charge is 0.392 e. The van der Waals surface area contributed by atoms with Crippen molar-refractivity contribution in [2.24, 2.45) is 0 Å². The maximum atomic E-state index is 9.47. The minimum absolute atomic E-state index is 0.402. The van der Waals surface area contributed by atoms with Gasteiger partial charge in [-0.05, 0) is 45.0 Å². The highest BCUT2D eigenvalue weighted by Crippen LogP contribution is 2.21. The molecule has 112 valence electrons. The van der Waals surface area contributed by atoms with Gasteiger partial charge in [0.25, 0.3) is 0 Å². The summed E-state index contributed by atoms with van der Waals surface area (Å²) in [6.07, 6.45) is 2.13. The van der Waals surface area contributed by atoms with Crippen LogP contribution in [-0.4, -0.2) is 45.7 Å². The number of aromatic nitrogens is 2. The molecule has 5 nitrogen and oxygen atoms in total. The molecule has 2 heterocycles. The molecule has 1 aliphatic heterocycles. The number of hydrogen-bond acceptors (Lipinski definition) is 5. The van der Waals surface area contributed by atoms with Gasteiger partial charge in [0.1, 0.15) is 11.6 Å². The monoisotopic (exact) mass is 286 g/mol. The lowest BCUT2D eigenvalue weighted by Crippen LogP contribution is -2.21. The molecule has 0 spiro atoms. The highest BCUT2D eigenvalue weighted by molar-refractivity contribution is 5.88. The molecule has 1 fully saturated rings. The van der Waals surface area contributed by atoms with Gasteiger partial charge in [-0.2, -0.15) is 0 Å². The second kappa shape index (κ2) is 6.37. The van der Waals surface area contributed by atoms with Crippen molar-refractivity contribution in [3.05, 3.63) is 30.1 Å². The van der Waals surface area contributed by atoms with Gasteiger partial charge in [0.2, 0.25) is 0 Å². The number of anilines is 1. The minimum Gasteiger partial charge on any atom is -0.392 e. The fourth-order valence-electron chi connectivity index (χ4n) is 2.72. The van der Waals surface area contributed by atoms with E-state index in [1.54, 1.807) is 6.92 Å². The first-order valence-corrected chi connectivity index (χ1v) is 7.62. The number of benzene rings is 1. The van der Waals surface area contributed by atoms with E-state index in [1.807, 2.05) is 24.3 Å². The maximum Gasteiger partial charge on any atom is 0.145 e. The van der Waals surface area contributed by atoms with E-state index in [1.165, 1.54) is 12.8 Å². The smallest absolute Gasteiger partial charge is 0.145 e. The molecule has 5 heteroatoms. The topological polar surface area (TPSA) is 61.3 Å². The second-order valence-electron chi connectivity index (χ2n) is 5.72. The molecule has 1 atom stereocenters. The molecule has 0 aliphatic carbocycles. The summed E-state index contributed by atoms with van der Waals surface area (Å²) in [5, 5.41) is 13.7. The second-order valence-corrected chi connectivity index (χ2v) is 5.72. The Hall–Kier alpha value is -1.72. The van der Waals surface area contributed by atoms with Crippen molar-refractivity contribution in [2.45, 2.75) is 32.4 Å².